The molecule has 1 saturated heterocycles. The standard InChI is InChI=1S/C24H25F3N6O3/c1-14-15(2)21(31-30-19(14)16-5-7-17(35-3)8-6-16)32-9-11-33(12-10-32)23-28-13-18(22(34)36-4)20(29-23)24(25,26)27/h5-8,13H,9-12H2,1-4H3. The minimum atomic E-state index is -4.82. The van der Waals surface area contributed by atoms with Crippen LogP contribution in [-0.2, 0) is 10.9 Å². The number of nitrogens with zero attached hydrogens (tertiary/aromatic N) is 6. The van der Waals surface area contributed by atoms with Crippen molar-refractivity contribution >= 4 is 17.7 Å². The van der Waals surface area contributed by atoms with Gasteiger partial charge >= 0.3 is 12.1 Å². The van der Waals surface area contributed by atoms with Gasteiger partial charge in [0.15, 0.2) is 11.5 Å². The Hall–Kier alpha value is -3.96. The van der Waals surface area contributed by atoms with Crippen molar-refractivity contribution in [1.29, 1.82) is 0 Å². The lowest BCUT2D eigenvalue weighted by atomic mass is 10.0. The van der Waals surface area contributed by atoms with Crippen molar-refractivity contribution in [3.63, 3.8) is 0 Å². The molecule has 1 aliphatic heterocycles. The number of anilines is 2. The third-order valence-corrected chi connectivity index (χ3v) is 6.17. The zero-order valence-corrected chi connectivity index (χ0v) is 20.3. The molecule has 9 nitrogen and oxygen atoms in total. The van der Waals surface area contributed by atoms with E-state index in [-0.39, 0.29) is 5.95 Å². The molecular weight excluding hydrogens is 477 g/mol. The highest BCUT2D eigenvalue weighted by Crippen LogP contribution is 2.33. The monoisotopic (exact) mass is 502 g/mol. The number of ether oxygens (including phenoxy) is 2. The predicted octanol–water partition coefficient (Wildman–Crippen LogP) is 3.69. The minimum Gasteiger partial charge on any atom is -0.497 e. The van der Waals surface area contributed by atoms with Crippen LogP contribution >= 0.6 is 0 Å². The average Bonchev–Trinajstić information content (AvgIpc) is 2.89. The van der Waals surface area contributed by atoms with E-state index in [9.17, 15) is 18.0 Å². The van der Waals surface area contributed by atoms with Gasteiger partial charge in [0.05, 0.1) is 19.9 Å². The van der Waals surface area contributed by atoms with Crippen LogP contribution < -0.4 is 14.5 Å². The third-order valence-electron chi connectivity index (χ3n) is 6.17. The summed E-state index contributed by atoms with van der Waals surface area (Å²) < 4.78 is 50.2. The molecule has 0 saturated carbocycles. The van der Waals surface area contributed by atoms with Gasteiger partial charge in [-0.3, -0.25) is 0 Å². The summed E-state index contributed by atoms with van der Waals surface area (Å²) in [5.74, 6) is 0.244. The molecule has 1 aromatic carbocycles. The van der Waals surface area contributed by atoms with Gasteiger partial charge in [0.1, 0.15) is 11.3 Å². The number of aromatic nitrogens is 4. The summed E-state index contributed by atoms with van der Waals surface area (Å²) in [7, 11) is 2.61. The van der Waals surface area contributed by atoms with Crippen LogP contribution in [0.4, 0.5) is 24.9 Å². The second kappa shape index (κ2) is 9.96. The molecule has 1 aliphatic rings. The number of carbonyl (C=O) groups excluding carboxylic acids is 1. The van der Waals surface area contributed by atoms with E-state index >= 15 is 0 Å². The molecule has 1 fully saturated rings. The first-order valence-corrected chi connectivity index (χ1v) is 11.1. The summed E-state index contributed by atoms with van der Waals surface area (Å²) in [4.78, 5) is 23.1. The first kappa shape index (κ1) is 25.1. The summed E-state index contributed by atoms with van der Waals surface area (Å²) in [5.41, 5.74) is 1.63. The predicted molar refractivity (Wildman–Crippen MR) is 126 cm³/mol. The van der Waals surface area contributed by atoms with Crippen molar-refractivity contribution in [2.24, 2.45) is 0 Å². The van der Waals surface area contributed by atoms with Gasteiger partial charge < -0.3 is 19.3 Å². The van der Waals surface area contributed by atoms with Crippen molar-refractivity contribution < 1.29 is 27.4 Å². The number of alkyl halides is 3. The SMILES string of the molecule is COC(=O)c1cnc(N2CCN(c3nnc(-c4ccc(OC)cc4)c(C)c3C)CC2)nc1C(F)(F)F. The Balaban J connectivity index is 1.52. The minimum absolute atomic E-state index is 0.0940. The molecule has 0 bridgehead atoms. The highest BCUT2D eigenvalue weighted by molar-refractivity contribution is 5.90. The fourth-order valence-electron chi connectivity index (χ4n) is 4.03. The van der Waals surface area contributed by atoms with Crippen LogP contribution in [0.1, 0.15) is 27.2 Å². The molecule has 36 heavy (non-hydrogen) atoms. The number of benzene rings is 1. The van der Waals surface area contributed by atoms with Crippen LogP contribution in [0.3, 0.4) is 0 Å². The summed E-state index contributed by atoms with van der Waals surface area (Å²) >= 11 is 0. The van der Waals surface area contributed by atoms with Crippen molar-refractivity contribution in [2.45, 2.75) is 20.0 Å². The summed E-state index contributed by atoms with van der Waals surface area (Å²) in [6, 6.07) is 7.58. The summed E-state index contributed by atoms with van der Waals surface area (Å²) in [6.07, 6.45) is -3.96. The van der Waals surface area contributed by atoms with Crippen molar-refractivity contribution in [3.05, 3.63) is 52.8 Å². The van der Waals surface area contributed by atoms with E-state index in [1.54, 1.807) is 12.0 Å². The molecule has 0 atom stereocenters. The lowest BCUT2D eigenvalue weighted by molar-refractivity contribution is -0.141. The Morgan fingerprint density at radius 1 is 0.944 bits per heavy atom. The van der Waals surface area contributed by atoms with E-state index in [2.05, 4.69) is 24.9 Å². The highest BCUT2D eigenvalue weighted by Gasteiger charge is 2.39. The van der Waals surface area contributed by atoms with Gasteiger partial charge in [0.25, 0.3) is 0 Å². The Morgan fingerprint density at radius 3 is 2.17 bits per heavy atom. The topological polar surface area (TPSA) is 93.6 Å². The quantitative estimate of drug-likeness (QED) is 0.484. The van der Waals surface area contributed by atoms with Crippen LogP contribution in [0, 0.1) is 13.8 Å². The van der Waals surface area contributed by atoms with Crippen molar-refractivity contribution in [1.82, 2.24) is 20.2 Å². The average molecular weight is 502 g/mol. The number of carbonyl (C=O) groups is 1. The molecule has 2 aromatic heterocycles. The lowest BCUT2D eigenvalue weighted by Crippen LogP contribution is -2.48. The number of halogens is 3. The molecule has 0 N–H and O–H groups in total. The Bertz CT molecular complexity index is 1260. The van der Waals surface area contributed by atoms with Crippen LogP contribution in [0.25, 0.3) is 11.3 Å². The molecule has 3 heterocycles. The molecule has 0 amide bonds. The molecule has 0 unspecified atom stereocenters. The van der Waals surface area contributed by atoms with Gasteiger partial charge in [0.2, 0.25) is 5.95 Å². The second-order valence-corrected chi connectivity index (χ2v) is 8.25. The number of rotatable bonds is 5. The molecule has 4 rings (SSSR count). The Labute approximate surface area is 205 Å². The normalized spacial score (nSPS) is 14.1. The number of methoxy groups -OCH3 is 2. The zero-order valence-electron chi connectivity index (χ0n) is 20.3. The van der Waals surface area contributed by atoms with Gasteiger partial charge in [-0.25, -0.2) is 14.8 Å². The van der Waals surface area contributed by atoms with Gasteiger partial charge in [-0.05, 0) is 49.2 Å². The van der Waals surface area contributed by atoms with Crippen LogP contribution in [0.5, 0.6) is 5.75 Å². The third kappa shape index (κ3) is 4.88. The van der Waals surface area contributed by atoms with Crippen LogP contribution in [0.2, 0.25) is 0 Å². The van der Waals surface area contributed by atoms with Gasteiger partial charge in [-0.2, -0.15) is 13.2 Å². The molecule has 190 valence electrons. The Morgan fingerprint density at radius 2 is 1.58 bits per heavy atom. The smallest absolute Gasteiger partial charge is 0.434 e. The van der Waals surface area contributed by atoms with E-state index in [0.717, 1.165) is 47.3 Å². The van der Waals surface area contributed by atoms with Crippen molar-refractivity contribution in [3.8, 4) is 17.0 Å². The van der Waals surface area contributed by atoms with E-state index in [1.807, 2.05) is 43.0 Å². The second-order valence-electron chi connectivity index (χ2n) is 8.25. The number of piperazine rings is 1. The molecule has 12 heteroatoms. The number of hydrogen-bond donors (Lipinski definition) is 0. The molecule has 0 radical (unpaired) electrons. The van der Waals surface area contributed by atoms with Gasteiger partial charge in [-0.1, -0.05) is 0 Å². The molecular formula is C24H25F3N6O3. The first-order valence-electron chi connectivity index (χ1n) is 11.1. The zero-order chi connectivity index (χ0) is 26.0. The van der Waals surface area contributed by atoms with Gasteiger partial charge in [0, 0.05) is 37.9 Å². The Kier molecular flexibility index (Phi) is 6.95. The maximum atomic E-state index is 13.5. The lowest BCUT2D eigenvalue weighted by Gasteiger charge is -2.36. The summed E-state index contributed by atoms with van der Waals surface area (Å²) in [5, 5.41) is 8.91. The van der Waals surface area contributed by atoms with Crippen LogP contribution in [0.15, 0.2) is 30.5 Å². The summed E-state index contributed by atoms with van der Waals surface area (Å²) in [6.45, 7) is 5.67. The number of hydrogen-bond acceptors (Lipinski definition) is 9. The van der Waals surface area contributed by atoms with E-state index < -0.39 is 23.4 Å². The molecule has 0 aliphatic carbocycles. The number of esters is 1. The molecule has 0 spiro atoms. The van der Waals surface area contributed by atoms with Gasteiger partial charge in [-0.15, -0.1) is 10.2 Å². The maximum absolute atomic E-state index is 13.5. The fourth-order valence-corrected chi connectivity index (χ4v) is 4.03. The van der Waals surface area contributed by atoms with E-state index in [0.29, 0.717) is 26.2 Å². The largest absolute Gasteiger partial charge is 0.497 e. The van der Waals surface area contributed by atoms with E-state index in [4.69, 9.17) is 4.74 Å². The first-order chi connectivity index (χ1) is 17.1. The highest BCUT2D eigenvalue weighted by atomic mass is 19.4. The van der Waals surface area contributed by atoms with Crippen LogP contribution in [-0.4, -0.2) is 66.5 Å². The van der Waals surface area contributed by atoms with Crippen molar-refractivity contribution in [2.75, 3.05) is 50.2 Å². The maximum Gasteiger partial charge on any atom is 0.434 e. The van der Waals surface area contributed by atoms with E-state index in [1.165, 1.54) is 0 Å². The molecule has 3 aromatic rings. The fraction of sp³-hybridized carbons (Fsp3) is 0.375.